The average molecular weight is 207 g/mol. The fraction of sp³-hybridized carbons (Fsp3) is 0.500. The normalized spacial score (nSPS) is 10.3. The monoisotopic (exact) mass is 207 g/mol. The van der Waals surface area contributed by atoms with Crippen molar-refractivity contribution in [3.8, 4) is 0 Å². The molecular weight excluding hydrogens is 186 g/mol. The van der Waals surface area contributed by atoms with Gasteiger partial charge in [0.15, 0.2) is 0 Å². The molecule has 0 heterocycles. The van der Waals surface area contributed by atoms with Gasteiger partial charge in [0.2, 0.25) is 0 Å². The molecule has 0 aliphatic carbocycles. The number of anilines is 3. The second-order valence-electron chi connectivity index (χ2n) is 3.81. The summed E-state index contributed by atoms with van der Waals surface area (Å²) in [6.45, 7) is 6.44. The van der Waals surface area contributed by atoms with Crippen LogP contribution in [-0.4, -0.2) is 13.1 Å². The zero-order valence-electron chi connectivity index (χ0n) is 9.66. The summed E-state index contributed by atoms with van der Waals surface area (Å²) in [7, 11) is 0. The van der Waals surface area contributed by atoms with Crippen LogP contribution in [-0.2, 0) is 0 Å². The van der Waals surface area contributed by atoms with Gasteiger partial charge in [0.25, 0.3) is 0 Å². The molecule has 84 valence electrons. The summed E-state index contributed by atoms with van der Waals surface area (Å²) in [6, 6.07) is 5.74. The van der Waals surface area contributed by atoms with Crippen LogP contribution < -0.4 is 16.4 Å². The van der Waals surface area contributed by atoms with E-state index in [1.165, 1.54) is 0 Å². The fourth-order valence-corrected chi connectivity index (χ4v) is 1.75. The summed E-state index contributed by atoms with van der Waals surface area (Å²) in [6.07, 6.45) is 2.26. The minimum atomic E-state index is 0.726. The molecule has 0 saturated carbocycles. The Balaban J connectivity index is 2.89. The maximum absolute atomic E-state index is 5.96. The molecular formula is C12H21N3. The summed E-state index contributed by atoms with van der Waals surface area (Å²) >= 11 is 0. The van der Waals surface area contributed by atoms with E-state index >= 15 is 0 Å². The Kier molecular flexibility index (Phi) is 4.28. The summed E-state index contributed by atoms with van der Waals surface area (Å²) in [4.78, 5) is 2.31. The van der Waals surface area contributed by atoms with Gasteiger partial charge in [-0.1, -0.05) is 13.8 Å². The molecule has 1 aromatic carbocycles. The van der Waals surface area contributed by atoms with Crippen LogP contribution in [0.5, 0.6) is 0 Å². The third-order valence-electron chi connectivity index (χ3n) is 2.38. The Labute approximate surface area is 92.1 Å². The fourth-order valence-electron chi connectivity index (χ4n) is 1.75. The Morgan fingerprint density at radius 2 is 1.67 bits per heavy atom. The molecule has 15 heavy (non-hydrogen) atoms. The predicted octanol–water partition coefficient (Wildman–Crippen LogP) is 2.48. The number of rotatable bonds is 5. The lowest BCUT2D eigenvalue weighted by Gasteiger charge is -2.25. The van der Waals surface area contributed by atoms with E-state index in [0.29, 0.717) is 0 Å². The highest BCUT2D eigenvalue weighted by atomic mass is 15.1. The van der Waals surface area contributed by atoms with E-state index in [1.807, 2.05) is 18.2 Å². The van der Waals surface area contributed by atoms with E-state index in [-0.39, 0.29) is 0 Å². The van der Waals surface area contributed by atoms with E-state index in [9.17, 15) is 0 Å². The molecule has 0 aliphatic rings. The Morgan fingerprint density at radius 3 is 2.13 bits per heavy atom. The number of nitrogen functional groups attached to an aromatic ring is 2. The average Bonchev–Trinajstić information content (AvgIpc) is 2.17. The van der Waals surface area contributed by atoms with Gasteiger partial charge in [-0.15, -0.1) is 0 Å². The van der Waals surface area contributed by atoms with Gasteiger partial charge in [0.05, 0.1) is 11.4 Å². The predicted molar refractivity (Wildman–Crippen MR) is 68.1 cm³/mol. The van der Waals surface area contributed by atoms with Crippen LogP contribution in [0.3, 0.4) is 0 Å². The van der Waals surface area contributed by atoms with Gasteiger partial charge in [0.1, 0.15) is 0 Å². The van der Waals surface area contributed by atoms with Crippen molar-refractivity contribution in [2.24, 2.45) is 0 Å². The van der Waals surface area contributed by atoms with E-state index in [4.69, 9.17) is 11.5 Å². The van der Waals surface area contributed by atoms with Gasteiger partial charge in [-0.25, -0.2) is 0 Å². The lowest BCUT2D eigenvalue weighted by molar-refractivity contribution is 0.746. The van der Waals surface area contributed by atoms with Crippen LogP contribution >= 0.6 is 0 Å². The molecule has 1 rings (SSSR count). The highest BCUT2D eigenvalue weighted by Gasteiger charge is 2.07. The van der Waals surface area contributed by atoms with Crippen LogP contribution in [0.4, 0.5) is 17.1 Å². The van der Waals surface area contributed by atoms with Crippen molar-refractivity contribution in [3.63, 3.8) is 0 Å². The first-order valence-electron chi connectivity index (χ1n) is 5.59. The Morgan fingerprint density at radius 1 is 1.07 bits per heavy atom. The Bertz CT molecular complexity index is 304. The van der Waals surface area contributed by atoms with Gasteiger partial charge in [0, 0.05) is 18.8 Å². The lowest BCUT2D eigenvalue weighted by Crippen LogP contribution is -2.25. The molecule has 4 N–H and O–H groups in total. The van der Waals surface area contributed by atoms with Crippen LogP contribution in [0.25, 0.3) is 0 Å². The lowest BCUT2D eigenvalue weighted by atomic mass is 10.2. The van der Waals surface area contributed by atoms with Gasteiger partial charge in [-0.2, -0.15) is 0 Å². The molecule has 0 radical (unpaired) electrons. The van der Waals surface area contributed by atoms with Crippen LogP contribution in [0, 0.1) is 0 Å². The highest BCUT2D eigenvalue weighted by Crippen LogP contribution is 2.25. The smallest absolute Gasteiger partial charge is 0.0601 e. The molecule has 0 aliphatic heterocycles. The summed E-state index contributed by atoms with van der Waals surface area (Å²) in [5.41, 5.74) is 14.2. The summed E-state index contributed by atoms with van der Waals surface area (Å²) in [5.74, 6) is 0. The quantitative estimate of drug-likeness (QED) is 0.729. The van der Waals surface area contributed by atoms with Crippen molar-refractivity contribution in [1.82, 2.24) is 0 Å². The second-order valence-corrected chi connectivity index (χ2v) is 3.81. The number of benzene rings is 1. The van der Waals surface area contributed by atoms with E-state index in [0.717, 1.165) is 43.0 Å². The molecule has 0 fully saturated rings. The second kappa shape index (κ2) is 5.49. The number of nitrogens with two attached hydrogens (primary N) is 2. The first kappa shape index (κ1) is 11.7. The molecule has 0 spiro atoms. The van der Waals surface area contributed by atoms with Crippen molar-refractivity contribution in [2.45, 2.75) is 26.7 Å². The van der Waals surface area contributed by atoms with Crippen LogP contribution in [0.2, 0.25) is 0 Å². The maximum Gasteiger partial charge on any atom is 0.0601 e. The number of nitrogens with zero attached hydrogens (tertiary/aromatic N) is 1. The molecule has 0 amide bonds. The maximum atomic E-state index is 5.96. The van der Waals surface area contributed by atoms with Crippen molar-refractivity contribution in [1.29, 1.82) is 0 Å². The summed E-state index contributed by atoms with van der Waals surface area (Å²) < 4.78 is 0. The van der Waals surface area contributed by atoms with Gasteiger partial charge in [-0.3, -0.25) is 0 Å². The minimum absolute atomic E-state index is 0.726. The molecule has 0 atom stereocenters. The van der Waals surface area contributed by atoms with Crippen molar-refractivity contribution in [2.75, 3.05) is 29.5 Å². The standard InChI is InChI=1S/C12H21N3/c1-3-7-15(8-4-2)12-6-5-10(13)9-11(12)14/h5-6,9H,3-4,7-8,13-14H2,1-2H3. The highest BCUT2D eigenvalue weighted by molar-refractivity contribution is 5.71. The number of hydrogen-bond acceptors (Lipinski definition) is 3. The molecule has 0 aromatic heterocycles. The van der Waals surface area contributed by atoms with E-state index in [1.54, 1.807) is 0 Å². The zero-order valence-corrected chi connectivity index (χ0v) is 9.66. The van der Waals surface area contributed by atoms with Gasteiger partial charge >= 0.3 is 0 Å². The van der Waals surface area contributed by atoms with E-state index < -0.39 is 0 Å². The first-order chi connectivity index (χ1) is 7.19. The Hall–Kier alpha value is -1.38. The zero-order chi connectivity index (χ0) is 11.3. The first-order valence-corrected chi connectivity index (χ1v) is 5.59. The molecule has 3 nitrogen and oxygen atoms in total. The minimum Gasteiger partial charge on any atom is -0.399 e. The van der Waals surface area contributed by atoms with Gasteiger partial charge in [-0.05, 0) is 31.0 Å². The SMILES string of the molecule is CCCN(CCC)c1ccc(N)cc1N. The molecule has 1 aromatic rings. The molecule has 3 heteroatoms. The van der Waals surface area contributed by atoms with Crippen LogP contribution in [0.1, 0.15) is 26.7 Å². The third kappa shape index (κ3) is 3.05. The molecule has 0 bridgehead atoms. The van der Waals surface area contributed by atoms with Crippen molar-refractivity contribution >= 4 is 17.1 Å². The van der Waals surface area contributed by atoms with Crippen molar-refractivity contribution < 1.29 is 0 Å². The van der Waals surface area contributed by atoms with Crippen LogP contribution in [0.15, 0.2) is 18.2 Å². The number of hydrogen-bond donors (Lipinski definition) is 2. The third-order valence-corrected chi connectivity index (χ3v) is 2.38. The molecule has 0 saturated heterocycles. The summed E-state index contributed by atoms with van der Waals surface area (Å²) in [5, 5.41) is 0. The largest absolute Gasteiger partial charge is 0.399 e. The van der Waals surface area contributed by atoms with E-state index in [2.05, 4.69) is 18.7 Å². The van der Waals surface area contributed by atoms with Crippen molar-refractivity contribution in [3.05, 3.63) is 18.2 Å². The van der Waals surface area contributed by atoms with Gasteiger partial charge < -0.3 is 16.4 Å². The molecule has 0 unspecified atom stereocenters. The topological polar surface area (TPSA) is 55.3 Å².